The highest BCUT2D eigenvalue weighted by Crippen LogP contribution is 2.12. The molecule has 0 aliphatic rings. The Balaban J connectivity index is 2.69. The van der Waals surface area contributed by atoms with Crippen LogP contribution in [0.5, 0.6) is 5.75 Å². The van der Waals surface area contributed by atoms with Crippen LogP contribution in [0, 0.1) is 6.92 Å². The molecule has 1 heterocycles. The van der Waals surface area contributed by atoms with Crippen LogP contribution < -0.4 is 5.56 Å². The minimum absolute atomic E-state index is 0.00433. The number of aromatic nitrogens is 1. The summed E-state index contributed by atoms with van der Waals surface area (Å²) in [5, 5.41) is 9.25. The fourth-order valence-electron chi connectivity index (χ4n) is 1.59. The van der Waals surface area contributed by atoms with Crippen molar-refractivity contribution in [2.75, 3.05) is 0 Å². The lowest BCUT2D eigenvalue weighted by atomic mass is 10.2. The van der Waals surface area contributed by atoms with Gasteiger partial charge < -0.3 is 5.11 Å². The van der Waals surface area contributed by atoms with E-state index < -0.39 is 0 Å². The van der Waals surface area contributed by atoms with E-state index in [1.54, 1.807) is 17.6 Å². The maximum Gasteiger partial charge on any atom is 0.258 e. The van der Waals surface area contributed by atoms with Gasteiger partial charge in [0.05, 0.1) is 0 Å². The van der Waals surface area contributed by atoms with Gasteiger partial charge in [0.1, 0.15) is 5.75 Å². The molecule has 1 N–H and O–H groups in total. The van der Waals surface area contributed by atoms with Crippen LogP contribution in [-0.2, 0) is 0 Å². The van der Waals surface area contributed by atoms with Crippen LogP contribution in [0.25, 0.3) is 5.69 Å². The fourth-order valence-corrected chi connectivity index (χ4v) is 1.59. The Bertz CT molecular complexity index is 529. The van der Waals surface area contributed by atoms with Crippen molar-refractivity contribution in [3.8, 4) is 11.4 Å². The monoisotopic (exact) mass is 201 g/mol. The molecule has 0 atom stereocenters. The molecule has 0 aliphatic heterocycles. The SMILES string of the molecule is Cc1cc(O)cc(=O)n1-c1ccccc1. The first-order valence-corrected chi connectivity index (χ1v) is 4.66. The zero-order valence-corrected chi connectivity index (χ0v) is 8.34. The van der Waals surface area contributed by atoms with E-state index >= 15 is 0 Å². The topological polar surface area (TPSA) is 42.2 Å². The molecule has 3 heteroatoms. The van der Waals surface area contributed by atoms with E-state index in [0.717, 1.165) is 5.69 Å². The predicted molar refractivity (Wildman–Crippen MR) is 58.4 cm³/mol. The first kappa shape index (κ1) is 9.52. The summed E-state index contributed by atoms with van der Waals surface area (Å²) in [6.45, 7) is 1.79. The Hall–Kier alpha value is -2.03. The lowest BCUT2D eigenvalue weighted by Crippen LogP contribution is -2.18. The van der Waals surface area contributed by atoms with Gasteiger partial charge in [-0.1, -0.05) is 18.2 Å². The average Bonchev–Trinajstić information content (AvgIpc) is 2.17. The van der Waals surface area contributed by atoms with Crippen LogP contribution in [0.15, 0.2) is 47.3 Å². The molecule has 1 aromatic carbocycles. The van der Waals surface area contributed by atoms with E-state index in [1.807, 2.05) is 30.3 Å². The second-order valence-electron chi connectivity index (χ2n) is 3.36. The third kappa shape index (κ3) is 1.76. The Morgan fingerprint density at radius 2 is 1.80 bits per heavy atom. The fraction of sp³-hybridized carbons (Fsp3) is 0.0833. The molecule has 0 radical (unpaired) electrons. The molecule has 76 valence electrons. The third-order valence-electron chi connectivity index (χ3n) is 2.22. The van der Waals surface area contributed by atoms with E-state index in [0.29, 0.717) is 5.69 Å². The summed E-state index contributed by atoms with van der Waals surface area (Å²) >= 11 is 0. The van der Waals surface area contributed by atoms with Gasteiger partial charge in [0.2, 0.25) is 0 Å². The molecule has 3 nitrogen and oxygen atoms in total. The van der Waals surface area contributed by atoms with Crippen molar-refractivity contribution >= 4 is 0 Å². The van der Waals surface area contributed by atoms with Gasteiger partial charge in [0, 0.05) is 17.4 Å². The zero-order chi connectivity index (χ0) is 10.8. The van der Waals surface area contributed by atoms with Gasteiger partial charge >= 0.3 is 0 Å². The Morgan fingerprint density at radius 3 is 2.40 bits per heavy atom. The summed E-state index contributed by atoms with van der Waals surface area (Å²) in [6.07, 6.45) is 0. The average molecular weight is 201 g/mol. The molecular formula is C12H11NO2. The van der Waals surface area contributed by atoms with Crippen molar-refractivity contribution in [3.05, 3.63) is 58.5 Å². The molecule has 0 saturated heterocycles. The number of benzene rings is 1. The smallest absolute Gasteiger partial charge is 0.258 e. The van der Waals surface area contributed by atoms with E-state index in [-0.39, 0.29) is 11.3 Å². The van der Waals surface area contributed by atoms with Gasteiger partial charge in [-0.2, -0.15) is 0 Å². The van der Waals surface area contributed by atoms with Gasteiger partial charge in [-0.3, -0.25) is 9.36 Å². The summed E-state index contributed by atoms with van der Waals surface area (Å²) in [4.78, 5) is 11.7. The molecule has 1 aromatic heterocycles. The van der Waals surface area contributed by atoms with Crippen molar-refractivity contribution in [2.24, 2.45) is 0 Å². The van der Waals surface area contributed by atoms with Gasteiger partial charge in [0.15, 0.2) is 0 Å². The highest BCUT2D eigenvalue weighted by Gasteiger charge is 2.03. The number of rotatable bonds is 1. The van der Waals surface area contributed by atoms with Gasteiger partial charge in [-0.05, 0) is 25.1 Å². The normalized spacial score (nSPS) is 10.2. The Labute approximate surface area is 87.2 Å². The van der Waals surface area contributed by atoms with Crippen LogP contribution in [0.2, 0.25) is 0 Å². The van der Waals surface area contributed by atoms with E-state index in [2.05, 4.69) is 0 Å². The molecule has 0 saturated carbocycles. The molecule has 0 spiro atoms. The minimum Gasteiger partial charge on any atom is -0.508 e. The van der Waals surface area contributed by atoms with Gasteiger partial charge in [-0.15, -0.1) is 0 Å². The van der Waals surface area contributed by atoms with Crippen molar-refractivity contribution in [2.45, 2.75) is 6.92 Å². The third-order valence-corrected chi connectivity index (χ3v) is 2.22. The second-order valence-corrected chi connectivity index (χ2v) is 3.36. The Morgan fingerprint density at radius 1 is 1.13 bits per heavy atom. The van der Waals surface area contributed by atoms with E-state index in [9.17, 15) is 9.90 Å². The number of aryl methyl sites for hydroxylation is 1. The van der Waals surface area contributed by atoms with Crippen LogP contribution >= 0.6 is 0 Å². The molecule has 0 bridgehead atoms. The second kappa shape index (κ2) is 3.61. The summed E-state index contributed by atoms with van der Waals surface area (Å²) in [6, 6.07) is 12.1. The molecule has 0 aliphatic carbocycles. The van der Waals surface area contributed by atoms with E-state index in [1.165, 1.54) is 6.07 Å². The molecule has 2 aromatic rings. The van der Waals surface area contributed by atoms with Crippen molar-refractivity contribution in [1.29, 1.82) is 0 Å². The summed E-state index contributed by atoms with van der Waals surface area (Å²) in [5.41, 5.74) is 1.30. The molecular weight excluding hydrogens is 190 g/mol. The largest absolute Gasteiger partial charge is 0.508 e. The highest BCUT2D eigenvalue weighted by molar-refractivity contribution is 5.36. The van der Waals surface area contributed by atoms with Gasteiger partial charge in [0.25, 0.3) is 5.56 Å². The minimum atomic E-state index is -0.223. The van der Waals surface area contributed by atoms with Crippen molar-refractivity contribution < 1.29 is 5.11 Å². The number of hydrogen-bond acceptors (Lipinski definition) is 2. The molecule has 15 heavy (non-hydrogen) atoms. The molecule has 0 fully saturated rings. The van der Waals surface area contributed by atoms with Gasteiger partial charge in [-0.25, -0.2) is 0 Å². The maximum atomic E-state index is 11.7. The first-order chi connectivity index (χ1) is 7.18. The maximum absolute atomic E-state index is 11.7. The number of para-hydroxylation sites is 1. The standard InChI is InChI=1S/C12H11NO2/c1-9-7-11(14)8-12(15)13(9)10-5-3-2-4-6-10/h2-8,14H,1H3. The van der Waals surface area contributed by atoms with Crippen molar-refractivity contribution in [1.82, 2.24) is 4.57 Å². The lowest BCUT2D eigenvalue weighted by molar-refractivity contribution is 0.472. The molecule has 0 amide bonds. The quantitative estimate of drug-likeness (QED) is 0.765. The van der Waals surface area contributed by atoms with Crippen molar-refractivity contribution in [3.63, 3.8) is 0 Å². The van der Waals surface area contributed by atoms with Crippen LogP contribution in [-0.4, -0.2) is 9.67 Å². The summed E-state index contributed by atoms with van der Waals surface area (Å²) in [5.74, 6) is 0.00433. The summed E-state index contributed by atoms with van der Waals surface area (Å²) < 4.78 is 1.56. The predicted octanol–water partition coefficient (Wildman–Crippen LogP) is 1.85. The number of pyridine rings is 1. The number of nitrogens with zero attached hydrogens (tertiary/aromatic N) is 1. The van der Waals surface area contributed by atoms with Crippen LogP contribution in [0.1, 0.15) is 5.69 Å². The van der Waals surface area contributed by atoms with Crippen LogP contribution in [0.3, 0.4) is 0 Å². The highest BCUT2D eigenvalue weighted by atomic mass is 16.3. The number of hydrogen-bond donors (Lipinski definition) is 1. The Kier molecular flexibility index (Phi) is 2.29. The molecule has 0 unspecified atom stereocenters. The lowest BCUT2D eigenvalue weighted by Gasteiger charge is -2.09. The van der Waals surface area contributed by atoms with E-state index in [4.69, 9.17) is 0 Å². The molecule has 2 rings (SSSR count). The van der Waals surface area contributed by atoms with Crippen LogP contribution in [0.4, 0.5) is 0 Å². The summed E-state index contributed by atoms with van der Waals surface area (Å²) in [7, 11) is 0. The zero-order valence-electron chi connectivity index (χ0n) is 8.34. The number of aromatic hydroxyl groups is 1. The first-order valence-electron chi connectivity index (χ1n) is 4.66.